The molecule has 0 heterocycles. The van der Waals surface area contributed by atoms with Crippen LogP contribution in [-0.4, -0.2) is 10.1 Å². The van der Waals surface area contributed by atoms with Gasteiger partial charge in [0.1, 0.15) is 0 Å². The van der Waals surface area contributed by atoms with Crippen LogP contribution in [0, 0.1) is 10.1 Å². The lowest BCUT2D eigenvalue weighted by Crippen LogP contribution is -2.08. The molecule has 0 N–H and O–H groups in total. The minimum absolute atomic E-state index is 0.219. The molecule has 0 atom stereocenters. The van der Waals surface area contributed by atoms with Gasteiger partial charge >= 0.3 is 5.70 Å². The summed E-state index contributed by atoms with van der Waals surface area (Å²) in [5.41, 5.74) is 2.41. The molecule has 0 aromatic carbocycles. The summed E-state index contributed by atoms with van der Waals surface area (Å²) in [6.45, 7) is 8.19. The maximum Gasteiger partial charge on any atom is 0.309 e. The normalized spacial score (nSPS) is 12.6. The molecule has 0 aromatic heterocycles. The number of nitro groups is 1. The van der Waals surface area contributed by atoms with Crippen molar-refractivity contribution in [1.29, 1.82) is 0 Å². The number of hydrogen-bond acceptors (Lipinski definition) is 3. The highest BCUT2D eigenvalue weighted by Gasteiger charge is 2.19. The minimum Gasteiger partial charge on any atom is -0.258 e. The highest BCUT2D eigenvalue weighted by Crippen LogP contribution is 2.11. The Balaban J connectivity index is 5.35. The van der Waals surface area contributed by atoms with E-state index >= 15 is 0 Å². The topological polar surface area (TPSA) is 55.5 Å². The molecule has 74 valence electrons. The van der Waals surface area contributed by atoms with Crippen LogP contribution < -0.4 is 0 Å². The van der Waals surface area contributed by atoms with Gasteiger partial charge in [0.05, 0.1) is 11.1 Å². The van der Waals surface area contributed by atoms with Crippen LogP contribution in [0.15, 0.2) is 47.4 Å². The second-order valence-corrected chi connectivity index (χ2v) is 2.60. The first-order valence-electron chi connectivity index (χ1n) is 3.60. The first-order valence-corrected chi connectivity index (χ1v) is 3.98. The Morgan fingerprint density at radius 2 is 2.29 bits per heavy atom. The molecule has 0 bridgehead atoms. The zero-order valence-corrected chi connectivity index (χ0v) is 8.41. The van der Waals surface area contributed by atoms with Crippen molar-refractivity contribution in [2.24, 2.45) is 4.99 Å². The monoisotopic (exact) mass is 212 g/mol. The molecule has 0 saturated carbocycles. The number of halogens is 1. The second-order valence-electron chi connectivity index (χ2n) is 2.25. The van der Waals surface area contributed by atoms with Crippen molar-refractivity contribution in [3.05, 3.63) is 52.5 Å². The Kier molecular flexibility index (Phi) is 5.22. The molecule has 0 unspecified atom stereocenters. The molecular weight excluding hydrogens is 204 g/mol. The van der Waals surface area contributed by atoms with Crippen LogP contribution in [0.4, 0.5) is 0 Å². The lowest BCUT2D eigenvalue weighted by atomic mass is 10.2. The molecule has 0 aliphatic rings. The molecule has 0 spiro atoms. The van der Waals surface area contributed by atoms with Gasteiger partial charge in [-0.15, -0.1) is 5.73 Å². The molecule has 0 aliphatic heterocycles. The quantitative estimate of drug-likeness (QED) is 0.237. The van der Waals surface area contributed by atoms with Crippen LogP contribution >= 0.6 is 11.6 Å². The van der Waals surface area contributed by atoms with Gasteiger partial charge in [-0.1, -0.05) is 30.8 Å². The maximum atomic E-state index is 10.6. The Morgan fingerprint density at radius 1 is 1.71 bits per heavy atom. The van der Waals surface area contributed by atoms with E-state index in [9.17, 15) is 10.1 Å². The van der Waals surface area contributed by atoms with Crippen LogP contribution in [0.5, 0.6) is 0 Å². The predicted molar refractivity (Wildman–Crippen MR) is 56.9 cm³/mol. The number of rotatable bonds is 4. The Morgan fingerprint density at radius 3 is 2.64 bits per heavy atom. The molecule has 0 aliphatic carbocycles. The average molecular weight is 213 g/mol. The van der Waals surface area contributed by atoms with Crippen LogP contribution in [0.2, 0.25) is 0 Å². The smallest absolute Gasteiger partial charge is 0.258 e. The average Bonchev–Trinajstić information content (AvgIpc) is 2.14. The van der Waals surface area contributed by atoms with Crippen LogP contribution in [0.3, 0.4) is 0 Å². The maximum absolute atomic E-state index is 10.6. The summed E-state index contributed by atoms with van der Waals surface area (Å²) in [6.07, 6.45) is 2.50. The predicted octanol–water partition coefficient (Wildman–Crippen LogP) is 2.66. The highest BCUT2D eigenvalue weighted by molar-refractivity contribution is 6.69. The molecule has 14 heavy (non-hydrogen) atoms. The van der Waals surface area contributed by atoms with E-state index < -0.39 is 4.92 Å². The van der Waals surface area contributed by atoms with Crippen molar-refractivity contribution < 1.29 is 4.92 Å². The molecule has 0 rings (SSSR count). The van der Waals surface area contributed by atoms with E-state index in [4.69, 9.17) is 11.6 Å². The Bertz CT molecular complexity index is 363. The first-order chi connectivity index (χ1) is 6.54. The number of nitrogens with zero attached hydrogens (tertiary/aromatic N) is 2. The third kappa shape index (κ3) is 3.39. The first kappa shape index (κ1) is 12.4. The van der Waals surface area contributed by atoms with E-state index in [1.165, 1.54) is 13.0 Å². The SMILES string of the molecule is C=C=CN=C(Cl)/C(=C(\C)C=C)[N+](=O)[O-]. The zero-order valence-electron chi connectivity index (χ0n) is 7.66. The lowest BCUT2D eigenvalue weighted by Gasteiger charge is -1.96. The van der Waals surface area contributed by atoms with E-state index in [0.29, 0.717) is 5.57 Å². The van der Waals surface area contributed by atoms with Crippen LogP contribution in [0.1, 0.15) is 6.92 Å². The molecule has 5 heteroatoms. The van der Waals surface area contributed by atoms with Crippen molar-refractivity contribution in [1.82, 2.24) is 0 Å². The molecule has 4 nitrogen and oxygen atoms in total. The van der Waals surface area contributed by atoms with E-state index in [1.54, 1.807) is 0 Å². The van der Waals surface area contributed by atoms with Gasteiger partial charge in [0.15, 0.2) is 0 Å². The van der Waals surface area contributed by atoms with Gasteiger partial charge in [0.2, 0.25) is 5.17 Å². The van der Waals surface area contributed by atoms with Crippen LogP contribution in [0.25, 0.3) is 0 Å². The van der Waals surface area contributed by atoms with Crippen LogP contribution in [-0.2, 0) is 0 Å². The van der Waals surface area contributed by atoms with Gasteiger partial charge in [-0.05, 0) is 6.92 Å². The summed E-state index contributed by atoms with van der Waals surface area (Å²) < 4.78 is 0. The van der Waals surface area contributed by atoms with E-state index in [0.717, 1.165) is 6.20 Å². The summed E-state index contributed by atoms with van der Waals surface area (Å²) >= 11 is 5.60. The Labute approximate surface area is 86.8 Å². The standard InChI is InChI=1S/C9H9ClN2O2/c1-4-6-11-9(10)8(12(13)14)7(3)5-2/h5-6H,1-2H2,3H3/b8-7-,11-9?. The third-order valence-corrected chi connectivity index (χ3v) is 1.60. The molecule has 0 amide bonds. The van der Waals surface area contributed by atoms with Gasteiger partial charge in [0.25, 0.3) is 0 Å². The summed E-state index contributed by atoms with van der Waals surface area (Å²) in [4.78, 5) is 13.5. The largest absolute Gasteiger partial charge is 0.309 e. The minimum atomic E-state index is -0.611. The fraction of sp³-hybridized carbons (Fsp3) is 0.111. The third-order valence-electron chi connectivity index (χ3n) is 1.33. The Hall–Kier alpha value is -1.64. The van der Waals surface area contributed by atoms with Gasteiger partial charge in [-0.3, -0.25) is 10.1 Å². The summed E-state index contributed by atoms with van der Waals surface area (Å²) in [5, 5.41) is 10.4. The van der Waals surface area contributed by atoms with Crippen molar-refractivity contribution in [2.75, 3.05) is 0 Å². The number of aliphatic imine (C=N–C) groups is 1. The fourth-order valence-corrected chi connectivity index (χ4v) is 0.909. The summed E-state index contributed by atoms with van der Waals surface area (Å²) in [7, 11) is 0. The number of allylic oxidation sites excluding steroid dienone is 3. The number of hydrogen-bond donors (Lipinski definition) is 0. The molecule has 0 aromatic rings. The fourth-order valence-electron chi connectivity index (χ4n) is 0.642. The van der Waals surface area contributed by atoms with E-state index in [1.807, 2.05) is 0 Å². The summed E-state index contributed by atoms with van der Waals surface area (Å²) in [5.74, 6) is 0. The van der Waals surface area contributed by atoms with E-state index in [-0.39, 0.29) is 10.9 Å². The summed E-state index contributed by atoms with van der Waals surface area (Å²) in [6, 6.07) is 0. The van der Waals surface area contributed by atoms with Gasteiger partial charge < -0.3 is 0 Å². The van der Waals surface area contributed by atoms with Crippen molar-refractivity contribution >= 4 is 16.8 Å². The van der Waals surface area contributed by atoms with Crippen molar-refractivity contribution in [2.45, 2.75) is 6.92 Å². The second kappa shape index (κ2) is 5.91. The molecule has 0 radical (unpaired) electrons. The van der Waals surface area contributed by atoms with Crippen molar-refractivity contribution in [3.8, 4) is 0 Å². The molecular formula is C9H9ClN2O2. The van der Waals surface area contributed by atoms with Crippen molar-refractivity contribution in [3.63, 3.8) is 0 Å². The zero-order chi connectivity index (χ0) is 11.1. The highest BCUT2D eigenvalue weighted by atomic mass is 35.5. The van der Waals surface area contributed by atoms with Gasteiger partial charge in [-0.25, -0.2) is 4.99 Å². The molecule has 0 fully saturated rings. The molecule has 0 saturated heterocycles. The van der Waals surface area contributed by atoms with E-state index in [2.05, 4.69) is 23.9 Å². The van der Waals surface area contributed by atoms with Gasteiger partial charge in [0, 0.05) is 5.57 Å². The lowest BCUT2D eigenvalue weighted by molar-refractivity contribution is -0.415. The van der Waals surface area contributed by atoms with Gasteiger partial charge in [-0.2, -0.15) is 0 Å².